The highest BCUT2D eigenvalue weighted by molar-refractivity contribution is 7.89. The second-order valence-corrected chi connectivity index (χ2v) is 5.89. The summed E-state index contributed by atoms with van der Waals surface area (Å²) in [5.41, 5.74) is 0.649. The fourth-order valence-electron chi connectivity index (χ4n) is 1.42. The molecular formula is C11H16ClNO3S. The van der Waals surface area contributed by atoms with Crippen molar-refractivity contribution in [3.8, 4) is 5.75 Å². The second kappa shape index (κ2) is 6.23. The van der Waals surface area contributed by atoms with Gasteiger partial charge in [-0.1, -0.05) is 24.6 Å². The van der Waals surface area contributed by atoms with E-state index in [4.69, 9.17) is 16.3 Å². The summed E-state index contributed by atoms with van der Waals surface area (Å²) in [7, 11) is -1.71. The lowest BCUT2D eigenvalue weighted by Gasteiger charge is -2.11. The third-order valence-corrected chi connectivity index (χ3v) is 4.12. The average Bonchev–Trinajstić information content (AvgIpc) is 2.27. The zero-order valence-electron chi connectivity index (χ0n) is 9.86. The van der Waals surface area contributed by atoms with Crippen LogP contribution >= 0.6 is 11.6 Å². The average molecular weight is 278 g/mol. The van der Waals surface area contributed by atoms with E-state index >= 15 is 0 Å². The predicted molar refractivity (Wildman–Crippen MR) is 68.9 cm³/mol. The Morgan fingerprint density at radius 3 is 2.71 bits per heavy atom. The van der Waals surface area contributed by atoms with Crippen molar-refractivity contribution in [3.63, 3.8) is 0 Å². The Hall–Kier alpha value is -0.780. The monoisotopic (exact) mass is 277 g/mol. The molecule has 0 bridgehead atoms. The van der Waals surface area contributed by atoms with Crippen LogP contribution in [0.5, 0.6) is 5.75 Å². The van der Waals surface area contributed by atoms with Gasteiger partial charge < -0.3 is 4.74 Å². The summed E-state index contributed by atoms with van der Waals surface area (Å²) in [4.78, 5) is 0. The number of halogens is 1. The highest BCUT2D eigenvalue weighted by Gasteiger charge is 2.12. The summed E-state index contributed by atoms with van der Waals surface area (Å²) >= 11 is 6.00. The van der Waals surface area contributed by atoms with E-state index in [9.17, 15) is 8.42 Å². The summed E-state index contributed by atoms with van der Waals surface area (Å²) in [6.45, 7) is 1.96. The molecule has 1 aromatic rings. The highest BCUT2D eigenvalue weighted by atomic mass is 35.5. The maximum atomic E-state index is 11.5. The SMILES string of the molecule is CCCS(=O)(=O)NCc1c(Cl)cccc1OC. The number of benzene rings is 1. The molecule has 0 saturated heterocycles. The van der Waals surface area contributed by atoms with Crippen molar-refractivity contribution in [2.24, 2.45) is 0 Å². The van der Waals surface area contributed by atoms with Crippen molar-refractivity contribution in [1.82, 2.24) is 4.72 Å². The standard InChI is InChI=1S/C11H16ClNO3S/c1-3-7-17(14,15)13-8-9-10(12)5-4-6-11(9)16-2/h4-6,13H,3,7-8H2,1-2H3. The predicted octanol–water partition coefficient (Wildman–Crippen LogP) is 2.18. The van der Waals surface area contributed by atoms with E-state index in [1.54, 1.807) is 18.2 Å². The summed E-state index contributed by atoms with van der Waals surface area (Å²) in [5, 5.41) is 0.489. The minimum absolute atomic E-state index is 0.111. The fourth-order valence-corrected chi connectivity index (χ4v) is 2.70. The Morgan fingerprint density at radius 2 is 2.12 bits per heavy atom. The minimum Gasteiger partial charge on any atom is -0.496 e. The first-order chi connectivity index (χ1) is 8.00. The first-order valence-corrected chi connectivity index (χ1v) is 7.32. The molecule has 1 N–H and O–H groups in total. The van der Waals surface area contributed by atoms with E-state index in [-0.39, 0.29) is 12.3 Å². The van der Waals surface area contributed by atoms with Crippen LogP contribution in [0.2, 0.25) is 5.02 Å². The Morgan fingerprint density at radius 1 is 1.41 bits per heavy atom. The molecule has 0 spiro atoms. The maximum absolute atomic E-state index is 11.5. The molecule has 0 fully saturated rings. The normalized spacial score (nSPS) is 11.5. The quantitative estimate of drug-likeness (QED) is 0.867. The molecule has 0 unspecified atom stereocenters. The molecule has 4 nitrogen and oxygen atoms in total. The number of hydrogen-bond acceptors (Lipinski definition) is 3. The number of sulfonamides is 1. The molecule has 0 heterocycles. The first-order valence-electron chi connectivity index (χ1n) is 5.29. The van der Waals surface area contributed by atoms with Crippen molar-refractivity contribution in [2.45, 2.75) is 19.9 Å². The van der Waals surface area contributed by atoms with Crippen molar-refractivity contribution in [2.75, 3.05) is 12.9 Å². The summed E-state index contributed by atoms with van der Waals surface area (Å²) < 4.78 is 30.7. The summed E-state index contributed by atoms with van der Waals surface area (Å²) in [6, 6.07) is 5.20. The maximum Gasteiger partial charge on any atom is 0.211 e. The van der Waals surface area contributed by atoms with E-state index in [1.807, 2.05) is 6.92 Å². The molecule has 0 amide bonds. The van der Waals surface area contributed by atoms with Crippen LogP contribution in [0.3, 0.4) is 0 Å². The third kappa shape index (κ3) is 4.18. The van der Waals surface area contributed by atoms with E-state index in [1.165, 1.54) is 7.11 Å². The van der Waals surface area contributed by atoms with Crippen LogP contribution in [-0.4, -0.2) is 21.3 Å². The van der Waals surface area contributed by atoms with Gasteiger partial charge in [-0.3, -0.25) is 0 Å². The highest BCUT2D eigenvalue weighted by Crippen LogP contribution is 2.25. The zero-order chi connectivity index (χ0) is 12.9. The van der Waals surface area contributed by atoms with E-state index < -0.39 is 10.0 Å². The van der Waals surface area contributed by atoms with Gasteiger partial charge in [0.15, 0.2) is 0 Å². The summed E-state index contributed by atoms with van der Waals surface area (Å²) in [5.74, 6) is 0.691. The Balaban J connectivity index is 2.82. The Bertz CT molecular complexity index is 474. The van der Waals surface area contributed by atoms with Crippen LogP contribution < -0.4 is 9.46 Å². The van der Waals surface area contributed by atoms with Crippen LogP contribution in [0.1, 0.15) is 18.9 Å². The van der Waals surface area contributed by atoms with Crippen LogP contribution in [0.15, 0.2) is 18.2 Å². The second-order valence-electron chi connectivity index (χ2n) is 3.56. The number of ether oxygens (including phenoxy) is 1. The molecule has 17 heavy (non-hydrogen) atoms. The number of methoxy groups -OCH3 is 1. The molecule has 0 aliphatic rings. The van der Waals surface area contributed by atoms with Gasteiger partial charge in [-0.05, 0) is 18.6 Å². The fraction of sp³-hybridized carbons (Fsp3) is 0.455. The third-order valence-electron chi connectivity index (χ3n) is 2.24. The van der Waals surface area contributed by atoms with Crippen LogP contribution in [0.4, 0.5) is 0 Å². The van der Waals surface area contributed by atoms with Gasteiger partial charge in [0, 0.05) is 17.1 Å². The van der Waals surface area contributed by atoms with Gasteiger partial charge in [-0.25, -0.2) is 13.1 Å². The van der Waals surface area contributed by atoms with E-state index in [2.05, 4.69) is 4.72 Å². The van der Waals surface area contributed by atoms with Crippen molar-refractivity contribution < 1.29 is 13.2 Å². The van der Waals surface area contributed by atoms with Gasteiger partial charge in [-0.15, -0.1) is 0 Å². The van der Waals surface area contributed by atoms with Gasteiger partial charge in [0.1, 0.15) is 5.75 Å². The zero-order valence-corrected chi connectivity index (χ0v) is 11.4. The number of nitrogens with one attached hydrogen (secondary N) is 1. The Labute approximate surface area is 107 Å². The van der Waals surface area contributed by atoms with Crippen molar-refractivity contribution >= 4 is 21.6 Å². The lowest BCUT2D eigenvalue weighted by Crippen LogP contribution is -2.26. The van der Waals surface area contributed by atoms with Gasteiger partial charge in [-0.2, -0.15) is 0 Å². The topological polar surface area (TPSA) is 55.4 Å². The minimum atomic E-state index is -3.24. The van der Waals surface area contributed by atoms with Crippen LogP contribution in [-0.2, 0) is 16.6 Å². The van der Waals surface area contributed by atoms with Gasteiger partial charge >= 0.3 is 0 Å². The number of rotatable bonds is 6. The molecule has 0 aromatic heterocycles. The molecule has 0 aliphatic heterocycles. The largest absolute Gasteiger partial charge is 0.496 e. The molecule has 1 rings (SSSR count). The summed E-state index contributed by atoms with van der Waals surface area (Å²) in [6.07, 6.45) is 0.578. The molecule has 0 aliphatic carbocycles. The molecule has 6 heteroatoms. The molecule has 0 atom stereocenters. The Kier molecular flexibility index (Phi) is 5.24. The molecule has 1 aromatic carbocycles. The van der Waals surface area contributed by atoms with E-state index in [0.717, 1.165) is 0 Å². The lowest BCUT2D eigenvalue weighted by atomic mass is 10.2. The van der Waals surface area contributed by atoms with Crippen molar-refractivity contribution in [3.05, 3.63) is 28.8 Å². The van der Waals surface area contributed by atoms with Gasteiger partial charge in [0.05, 0.1) is 12.9 Å². The van der Waals surface area contributed by atoms with Gasteiger partial charge in [0.2, 0.25) is 10.0 Å². The van der Waals surface area contributed by atoms with Crippen molar-refractivity contribution in [1.29, 1.82) is 0 Å². The van der Waals surface area contributed by atoms with E-state index in [0.29, 0.717) is 22.8 Å². The lowest BCUT2D eigenvalue weighted by molar-refractivity contribution is 0.409. The molecular weight excluding hydrogens is 262 g/mol. The van der Waals surface area contributed by atoms with Crippen LogP contribution in [0, 0.1) is 0 Å². The molecule has 96 valence electrons. The molecule has 0 saturated carbocycles. The number of hydrogen-bond donors (Lipinski definition) is 1. The molecule has 0 radical (unpaired) electrons. The van der Waals surface area contributed by atoms with Crippen LogP contribution in [0.25, 0.3) is 0 Å². The first kappa shape index (κ1) is 14.3. The van der Waals surface area contributed by atoms with Gasteiger partial charge in [0.25, 0.3) is 0 Å². The smallest absolute Gasteiger partial charge is 0.211 e.